The number of aryl methyl sites for hydroxylation is 1. The molecule has 1 aromatic heterocycles. The third-order valence-corrected chi connectivity index (χ3v) is 5.49. The number of halogens is 1. The summed E-state index contributed by atoms with van der Waals surface area (Å²) in [5.74, 6) is -0.697. The van der Waals surface area contributed by atoms with Gasteiger partial charge < -0.3 is 20.5 Å². The molecule has 9 heteroatoms. The van der Waals surface area contributed by atoms with Gasteiger partial charge in [-0.05, 0) is 43.7 Å². The van der Waals surface area contributed by atoms with Gasteiger partial charge in [-0.2, -0.15) is 5.10 Å². The zero-order valence-corrected chi connectivity index (χ0v) is 18.2. The standard InChI is InChI=1S/C23H21ClN4O4/c1-3-32-20-7-5-4-6-15(20)19-11-18(23(30)31)27-21-16(12-25-28(19)21)22(29)26-14-9-8-13(2)17(24)10-14/h4-12,19,27H,3H2,1-2H3,(H,26,29)(H,30,31). The number of anilines is 2. The number of ether oxygens (including phenoxy) is 1. The third kappa shape index (κ3) is 4.04. The molecule has 2 heterocycles. The van der Waals surface area contributed by atoms with Crippen LogP contribution in [0.3, 0.4) is 0 Å². The second-order valence-corrected chi connectivity index (χ2v) is 7.60. The fourth-order valence-electron chi connectivity index (χ4n) is 3.49. The molecular formula is C23H21ClN4O4. The summed E-state index contributed by atoms with van der Waals surface area (Å²) in [6.45, 7) is 4.19. The maximum absolute atomic E-state index is 13.0. The second kappa shape index (κ2) is 8.76. The average molecular weight is 453 g/mol. The van der Waals surface area contributed by atoms with Gasteiger partial charge >= 0.3 is 5.97 Å². The lowest BCUT2D eigenvalue weighted by Gasteiger charge is -2.25. The zero-order chi connectivity index (χ0) is 22.8. The number of hydrogen-bond donors (Lipinski definition) is 3. The first-order chi connectivity index (χ1) is 15.4. The minimum atomic E-state index is -1.15. The van der Waals surface area contributed by atoms with Crippen LogP contribution < -0.4 is 15.4 Å². The van der Waals surface area contributed by atoms with E-state index in [-0.39, 0.29) is 17.1 Å². The largest absolute Gasteiger partial charge is 0.494 e. The molecule has 2 aromatic carbocycles. The molecule has 0 fully saturated rings. The SMILES string of the molecule is CCOc1ccccc1C1C=C(C(=O)O)Nc2c(C(=O)Nc3ccc(C)c(Cl)c3)cnn21. The van der Waals surface area contributed by atoms with Crippen LogP contribution >= 0.6 is 11.6 Å². The van der Waals surface area contributed by atoms with E-state index in [4.69, 9.17) is 16.3 Å². The van der Waals surface area contributed by atoms with Crippen molar-refractivity contribution in [2.75, 3.05) is 17.2 Å². The number of benzene rings is 2. The van der Waals surface area contributed by atoms with Gasteiger partial charge in [-0.3, -0.25) is 4.79 Å². The molecule has 3 aromatic rings. The van der Waals surface area contributed by atoms with Gasteiger partial charge in [0.25, 0.3) is 5.91 Å². The molecule has 164 valence electrons. The number of carbonyl (C=O) groups is 2. The molecule has 0 bridgehead atoms. The zero-order valence-electron chi connectivity index (χ0n) is 17.4. The molecule has 1 amide bonds. The van der Waals surface area contributed by atoms with Crippen LogP contribution in [0.15, 0.2) is 60.4 Å². The highest BCUT2D eigenvalue weighted by molar-refractivity contribution is 6.31. The highest BCUT2D eigenvalue weighted by Gasteiger charge is 2.30. The van der Waals surface area contributed by atoms with Crippen LogP contribution in [0.1, 0.15) is 34.5 Å². The van der Waals surface area contributed by atoms with Gasteiger partial charge in [0.1, 0.15) is 28.9 Å². The molecule has 1 aliphatic rings. The van der Waals surface area contributed by atoms with E-state index in [0.717, 1.165) is 11.1 Å². The summed E-state index contributed by atoms with van der Waals surface area (Å²) in [7, 11) is 0. The maximum Gasteiger partial charge on any atom is 0.352 e. The quantitative estimate of drug-likeness (QED) is 0.509. The summed E-state index contributed by atoms with van der Waals surface area (Å²) in [4.78, 5) is 24.8. The van der Waals surface area contributed by atoms with Crippen LogP contribution in [0.2, 0.25) is 5.02 Å². The highest BCUT2D eigenvalue weighted by atomic mass is 35.5. The van der Waals surface area contributed by atoms with Crippen molar-refractivity contribution in [3.8, 4) is 5.75 Å². The van der Waals surface area contributed by atoms with Crippen molar-refractivity contribution in [2.45, 2.75) is 19.9 Å². The summed E-state index contributed by atoms with van der Waals surface area (Å²) >= 11 is 6.15. The van der Waals surface area contributed by atoms with Crippen molar-refractivity contribution in [1.82, 2.24) is 9.78 Å². The number of hydrogen-bond acceptors (Lipinski definition) is 5. The maximum atomic E-state index is 13.0. The predicted molar refractivity (Wildman–Crippen MR) is 121 cm³/mol. The monoisotopic (exact) mass is 452 g/mol. The lowest BCUT2D eigenvalue weighted by molar-refractivity contribution is -0.132. The summed E-state index contributed by atoms with van der Waals surface area (Å²) < 4.78 is 7.30. The fourth-order valence-corrected chi connectivity index (χ4v) is 3.67. The van der Waals surface area contributed by atoms with Crippen molar-refractivity contribution >= 4 is 35.0 Å². The number of carboxylic acid groups (broad SMARTS) is 1. The number of aliphatic carboxylic acids is 1. The summed E-state index contributed by atoms with van der Waals surface area (Å²) in [6, 6.07) is 12.0. The number of rotatable bonds is 6. The van der Waals surface area contributed by atoms with Crippen LogP contribution in [0.25, 0.3) is 0 Å². The van der Waals surface area contributed by atoms with E-state index in [2.05, 4.69) is 15.7 Å². The van der Waals surface area contributed by atoms with Gasteiger partial charge in [-0.25, -0.2) is 9.48 Å². The topological polar surface area (TPSA) is 105 Å². The Kier molecular flexibility index (Phi) is 5.87. The van der Waals surface area contributed by atoms with Crippen LogP contribution in [0.5, 0.6) is 5.75 Å². The smallest absolute Gasteiger partial charge is 0.352 e. The Labute approximate surface area is 189 Å². The van der Waals surface area contributed by atoms with Crippen molar-refractivity contribution in [3.63, 3.8) is 0 Å². The minimum absolute atomic E-state index is 0.0540. The molecule has 4 rings (SSSR count). The molecule has 0 saturated carbocycles. The van der Waals surface area contributed by atoms with E-state index in [1.54, 1.807) is 29.0 Å². The summed E-state index contributed by atoms with van der Waals surface area (Å²) in [6.07, 6.45) is 2.95. The predicted octanol–water partition coefficient (Wildman–Crippen LogP) is 4.48. The number of fused-ring (bicyclic) bond motifs is 1. The Morgan fingerprint density at radius 3 is 2.78 bits per heavy atom. The van der Waals surface area contributed by atoms with Crippen LogP contribution in [0.4, 0.5) is 11.5 Å². The second-order valence-electron chi connectivity index (χ2n) is 7.20. The van der Waals surface area contributed by atoms with Crippen molar-refractivity contribution in [2.24, 2.45) is 0 Å². The molecule has 1 aliphatic heterocycles. The number of amides is 1. The van der Waals surface area contributed by atoms with E-state index in [0.29, 0.717) is 23.1 Å². The number of para-hydroxylation sites is 1. The average Bonchev–Trinajstić information content (AvgIpc) is 3.20. The van der Waals surface area contributed by atoms with E-state index in [1.807, 2.05) is 38.1 Å². The number of allylic oxidation sites excluding steroid dienone is 1. The number of carbonyl (C=O) groups excluding carboxylic acids is 1. The van der Waals surface area contributed by atoms with Crippen molar-refractivity contribution in [1.29, 1.82) is 0 Å². The Hall–Kier alpha value is -3.78. The Morgan fingerprint density at radius 2 is 2.06 bits per heavy atom. The molecule has 0 spiro atoms. The van der Waals surface area contributed by atoms with Gasteiger partial charge in [0.15, 0.2) is 0 Å². The Morgan fingerprint density at radius 1 is 1.28 bits per heavy atom. The highest BCUT2D eigenvalue weighted by Crippen LogP contribution is 2.36. The first-order valence-electron chi connectivity index (χ1n) is 9.98. The summed E-state index contributed by atoms with van der Waals surface area (Å²) in [5.41, 5.74) is 2.29. The van der Waals surface area contributed by atoms with Crippen LogP contribution in [0, 0.1) is 6.92 Å². The van der Waals surface area contributed by atoms with Gasteiger partial charge in [0, 0.05) is 16.3 Å². The molecule has 1 unspecified atom stereocenters. The molecule has 0 saturated heterocycles. The van der Waals surface area contributed by atoms with Crippen LogP contribution in [-0.4, -0.2) is 33.4 Å². The third-order valence-electron chi connectivity index (χ3n) is 5.08. The van der Waals surface area contributed by atoms with Gasteiger partial charge in [0.2, 0.25) is 0 Å². The molecule has 8 nitrogen and oxygen atoms in total. The number of nitrogens with one attached hydrogen (secondary N) is 2. The van der Waals surface area contributed by atoms with Gasteiger partial charge in [0.05, 0.1) is 12.8 Å². The molecule has 1 atom stereocenters. The molecular weight excluding hydrogens is 432 g/mol. The molecule has 3 N–H and O–H groups in total. The fraction of sp³-hybridized carbons (Fsp3) is 0.174. The first kappa shape index (κ1) is 21.5. The van der Waals surface area contributed by atoms with E-state index < -0.39 is 17.9 Å². The van der Waals surface area contributed by atoms with Crippen molar-refractivity contribution < 1.29 is 19.4 Å². The lowest BCUT2D eigenvalue weighted by Crippen LogP contribution is -2.26. The minimum Gasteiger partial charge on any atom is -0.494 e. The van der Waals surface area contributed by atoms with E-state index >= 15 is 0 Å². The molecule has 32 heavy (non-hydrogen) atoms. The van der Waals surface area contributed by atoms with E-state index in [9.17, 15) is 14.7 Å². The van der Waals surface area contributed by atoms with Crippen LogP contribution in [-0.2, 0) is 4.79 Å². The number of carboxylic acids is 1. The lowest BCUT2D eigenvalue weighted by atomic mass is 10.0. The normalized spacial score (nSPS) is 14.7. The number of aromatic nitrogens is 2. The Bertz CT molecular complexity index is 1230. The molecule has 0 radical (unpaired) electrons. The van der Waals surface area contributed by atoms with Gasteiger partial charge in [-0.1, -0.05) is 35.9 Å². The van der Waals surface area contributed by atoms with Crippen molar-refractivity contribution in [3.05, 3.63) is 82.1 Å². The van der Waals surface area contributed by atoms with E-state index in [1.165, 1.54) is 6.20 Å². The summed E-state index contributed by atoms with van der Waals surface area (Å²) in [5, 5.41) is 20.2. The molecule has 0 aliphatic carbocycles. The number of nitrogens with zero attached hydrogens (tertiary/aromatic N) is 2. The van der Waals surface area contributed by atoms with Gasteiger partial charge in [-0.15, -0.1) is 0 Å². The first-order valence-corrected chi connectivity index (χ1v) is 10.4. The Balaban J connectivity index is 1.73.